The number of carbonyl (C=O) groups is 2. The molecular weight excluding hydrogens is 326 g/mol. The van der Waals surface area contributed by atoms with Crippen molar-refractivity contribution in [2.24, 2.45) is 5.92 Å². The number of rotatable bonds is 2. The monoisotopic (exact) mass is 345 g/mol. The van der Waals surface area contributed by atoms with Crippen molar-refractivity contribution < 1.29 is 19.4 Å². The molecule has 2 heterocycles. The molecular formula is C15H20ClNO4S. The summed E-state index contributed by atoms with van der Waals surface area (Å²) in [6.07, 6.45) is 0.0124. The van der Waals surface area contributed by atoms with Crippen LogP contribution < -0.4 is 0 Å². The summed E-state index contributed by atoms with van der Waals surface area (Å²) in [7, 11) is 0. The average Bonchev–Trinajstić information content (AvgIpc) is 2.82. The lowest BCUT2D eigenvalue weighted by Crippen LogP contribution is -2.46. The van der Waals surface area contributed by atoms with E-state index in [0.29, 0.717) is 23.8 Å². The highest BCUT2D eigenvalue weighted by atomic mass is 35.5. The van der Waals surface area contributed by atoms with Crippen LogP contribution in [0.1, 0.15) is 38.0 Å². The van der Waals surface area contributed by atoms with E-state index in [4.69, 9.17) is 16.3 Å². The number of carbonyl (C=O) groups excluding carboxylic acids is 1. The van der Waals surface area contributed by atoms with Gasteiger partial charge in [0, 0.05) is 23.9 Å². The summed E-state index contributed by atoms with van der Waals surface area (Å²) in [5.74, 6) is -1.59. The van der Waals surface area contributed by atoms with Crippen molar-refractivity contribution in [3.05, 3.63) is 21.3 Å². The Balaban J connectivity index is 2.16. The maximum atomic E-state index is 12.2. The molecule has 1 saturated heterocycles. The van der Waals surface area contributed by atoms with Crippen LogP contribution in [0.3, 0.4) is 0 Å². The van der Waals surface area contributed by atoms with Crippen LogP contribution in [0.15, 0.2) is 12.1 Å². The van der Waals surface area contributed by atoms with Gasteiger partial charge < -0.3 is 14.7 Å². The van der Waals surface area contributed by atoms with E-state index < -0.39 is 23.6 Å². The first-order valence-corrected chi connectivity index (χ1v) is 8.33. The molecule has 1 N–H and O–H groups in total. The van der Waals surface area contributed by atoms with Crippen LogP contribution in [0, 0.1) is 5.92 Å². The normalized spacial score (nSPS) is 22.5. The smallest absolute Gasteiger partial charge is 0.410 e. The summed E-state index contributed by atoms with van der Waals surface area (Å²) in [6, 6.07) is 3.60. The Kier molecular flexibility index (Phi) is 5.02. The second-order valence-corrected chi connectivity index (χ2v) is 8.15. The molecule has 1 aromatic heterocycles. The predicted molar refractivity (Wildman–Crippen MR) is 85.6 cm³/mol. The lowest BCUT2D eigenvalue weighted by molar-refractivity contribution is -0.144. The highest BCUT2D eigenvalue weighted by Crippen LogP contribution is 2.38. The minimum absolute atomic E-state index is 0.253. The number of carboxylic acids is 1. The van der Waals surface area contributed by atoms with Gasteiger partial charge in [0.15, 0.2) is 0 Å². The number of ether oxygens (including phenoxy) is 1. The van der Waals surface area contributed by atoms with Crippen molar-refractivity contribution in [2.45, 2.75) is 38.7 Å². The standard InChI is InChI=1S/C15H20ClNO4S/c1-15(2,3)21-14(20)17-7-6-9(13(18)19)10(8-17)11-4-5-12(16)22-11/h4-5,9-10H,6-8H2,1-3H3,(H,18,19)/t9-,10-/m1/s1. The lowest BCUT2D eigenvalue weighted by Gasteiger charge is -2.37. The Hall–Kier alpha value is -1.27. The van der Waals surface area contributed by atoms with Crippen molar-refractivity contribution in [2.75, 3.05) is 13.1 Å². The Morgan fingerprint density at radius 3 is 2.59 bits per heavy atom. The van der Waals surface area contributed by atoms with E-state index in [1.54, 1.807) is 11.0 Å². The van der Waals surface area contributed by atoms with E-state index in [-0.39, 0.29) is 5.92 Å². The van der Waals surface area contributed by atoms with Crippen LogP contribution in [0.25, 0.3) is 0 Å². The van der Waals surface area contributed by atoms with Gasteiger partial charge in [0.2, 0.25) is 0 Å². The number of thiophene rings is 1. The highest BCUT2D eigenvalue weighted by molar-refractivity contribution is 7.16. The zero-order valence-electron chi connectivity index (χ0n) is 12.8. The first-order chi connectivity index (χ1) is 10.2. The molecule has 0 unspecified atom stereocenters. The van der Waals surface area contributed by atoms with Crippen molar-refractivity contribution in [1.29, 1.82) is 0 Å². The van der Waals surface area contributed by atoms with E-state index in [0.717, 1.165) is 4.88 Å². The lowest BCUT2D eigenvalue weighted by atomic mass is 9.84. The van der Waals surface area contributed by atoms with Crippen LogP contribution in [0.2, 0.25) is 4.34 Å². The molecule has 1 amide bonds. The van der Waals surface area contributed by atoms with Gasteiger partial charge in [0.1, 0.15) is 5.60 Å². The Morgan fingerprint density at radius 2 is 2.09 bits per heavy atom. The molecule has 1 aliphatic heterocycles. The fraction of sp³-hybridized carbons (Fsp3) is 0.600. The molecule has 2 rings (SSSR count). The zero-order chi connectivity index (χ0) is 16.5. The molecule has 1 fully saturated rings. The number of piperidine rings is 1. The van der Waals surface area contributed by atoms with Crippen LogP contribution in [-0.2, 0) is 9.53 Å². The maximum Gasteiger partial charge on any atom is 0.410 e. The molecule has 1 aliphatic rings. The van der Waals surface area contributed by atoms with Gasteiger partial charge in [-0.3, -0.25) is 4.79 Å². The molecule has 22 heavy (non-hydrogen) atoms. The third kappa shape index (κ3) is 4.14. The predicted octanol–water partition coefficient (Wildman–Crippen LogP) is 3.83. The summed E-state index contributed by atoms with van der Waals surface area (Å²) < 4.78 is 6.00. The largest absolute Gasteiger partial charge is 0.481 e. The molecule has 2 atom stereocenters. The van der Waals surface area contributed by atoms with E-state index in [1.165, 1.54) is 11.3 Å². The Morgan fingerprint density at radius 1 is 1.41 bits per heavy atom. The molecule has 0 aliphatic carbocycles. The molecule has 0 radical (unpaired) electrons. The van der Waals surface area contributed by atoms with Gasteiger partial charge in [-0.1, -0.05) is 11.6 Å². The maximum absolute atomic E-state index is 12.2. The SMILES string of the molecule is CC(C)(C)OC(=O)N1CC[C@@H](C(=O)O)[C@H](c2ccc(Cl)s2)C1. The molecule has 7 heteroatoms. The van der Waals surface area contributed by atoms with Gasteiger partial charge in [-0.2, -0.15) is 0 Å². The fourth-order valence-electron chi connectivity index (χ4n) is 2.56. The second-order valence-electron chi connectivity index (χ2n) is 6.41. The molecule has 122 valence electrons. The van der Waals surface area contributed by atoms with Gasteiger partial charge in [0.05, 0.1) is 10.3 Å². The zero-order valence-corrected chi connectivity index (χ0v) is 14.4. The summed E-state index contributed by atoms with van der Waals surface area (Å²) >= 11 is 7.32. The number of aliphatic carboxylic acids is 1. The van der Waals surface area contributed by atoms with Gasteiger partial charge in [-0.15, -0.1) is 11.3 Å². The van der Waals surface area contributed by atoms with Gasteiger partial charge in [-0.05, 0) is 39.3 Å². The molecule has 0 bridgehead atoms. The number of amides is 1. The Labute approximate surface area is 138 Å². The highest BCUT2D eigenvalue weighted by Gasteiger charge is 2.38. The van der Waals surface area contributed by atoms with Crippen LogP contribution >= 0.6 is 22.9 Å². The number of carboxylic acid groups (broad SMARTS) is 1. The van der Waals surface area contributed by atoms with Crippen molar-refractivity contribution >= 4 is 35.0 Å². The topological polar surface area (TPSA) is 66.8 Å². The first-order valence-electron chi connectivity index (χ1n) is 7.13. The first kappa shape index (κ1) is 17.1. The molecule has 0 spiro atoms. The molecule has 0 saturated carbocycles. The summed E-state index contributed by atoms with van der Waals surface area (Å²) in [5, 5.41) is 9.43. The van der Waals surface area contributed by atoms with E-state index in [1.807, 2.05) is 26.8 Å². The number of hydrogen-bond acceptors (Lipinski definition) is 4. The number of likely N-dealkylation sites (tertiary alicyclic amines) is 1. The van der Waals surface area contributed by atoms with E-state index in [2.05, 4.69) is 0 Å². The van der Waals surface area contributed by atoms with Crippen LogP contribution in [-0.4, -0.2) is 40.8 Å². The van der Waals surface area contributed by atoms with Crippen molar-refractivity contribution in [1.82, 2.24) is 4.90 Å². The minimum Gasteiger partial charge on any atom is -0.481 e. The average molecular weight is 346 g/mol. The quantitative estimate of drug-likeness (QED) is 0.884. The minimum atomic E-state index is -0.835. The summed E-state index contributed by atoms with van der Waals surface area (Å²) in [6.45, 7) is 6.16. The van der Waals surface area contributed by atoms with Crippen molar-refractivity contribution in [3.63, 3.8) is 0 Å². The van der Waals surface area contributed by atoms with E-state index in [9.17, 15) is 14.7 Å². The number of hydrogen-bond donors (Lipinski definition) is 1. The van der Waals surface area contributed by atoms with Crippen molar-refractivity contribution in [3.8, 4) is 0 Å². The third-order valence-electron chi connectivity index (χ3n) is 3.54. The summed E-state index contributed by atoms with van der Waals surface area (Å²) in [4.78, 5) is 26.2. The van der Waals surface area contributed by atoms with Gasteiger partial charge in [-0.25, -0.2) is 4.79 Å². The van der Waals surface area contributed by atoms with Gasteiger partial charge >= 0.3 is 12.1 Å². The third-order valence-corrected chi connectivity index (χ3v) is 4.90. The number of nitrogens with zero attached hydrogens (tertiary/aromatic N) is 1. The Bertz CT molecular complexity index is 566. The van der Waals surface area contributed by atoms with E-state index >= 15 is 0 Å². The van der Waals surface area contributed by atoms with Crippen LogP contribution in [0.4, 0.5) is 4.79 Å². The number of halogens is 1. The molecule has 1 aromatic rings. The molecule has 0 aromatic carbocycles. The van der Waals surface area contributed by atoms with Gasteiger partial charge in [0.25, 0.3) is 0 Å². The van der Waals surface area contributed by atoms with Crippen LogP contribution in [0.5, 0.6) is 0 Å². The second kappa shape index (κ2) is 6.46. The molecule has 5 nitrogen and oxygen atoms in total. The fourth-order valence-corrected chi connectivity index (χ4v) is 3.77. The summed E-state index contributed by atoms with van der Waals surface area (Å²) in [5.41, 5.74) is -0.567.